The molecule has 0 fully saturated rings. The van der Waals surface area contributed by atoms with Crippen molar-refractivity contribution in [1.82, 2.24) is 4.90 Å². The Morgan fingerprint density at radius 2 is 0.741 bits per heavy atom. The highest BCUT2D eigenvalue weighted by Gasteiger charge is 2.20. The number of carbonyl (C=O) groups excluding carboxylic acids is 2. The fourth-order valence-electron chi connectivity index (χ4n) is 7.55. The van der Waals surface area contributed by atoms with Crippen molar-refractivity contribution >= 4 is 11.9 Å². The molecule has 0 aromatic heterocycles. The van der Waals surface area contributed by atoms with E-state index in [0.29, 0.717) is 19.8 Å². The Morgan fingerprint density at radius 1 is 0.444 bits per heavy atom. The van der Waals surface area contributed by atoms with Crippen molar-refractivity contribution < 1.29 is 29.3 Å². The normalized spacial score (nSPS) is 13.3. The molecule has 0 heterocycles. The van der Waals surface area contributed by atoms with Crippen LogP contribution in [-0.2, 0) is 19.1 Å². The number of aliphatic hydroxyl groups is 2. The Bertz CT molecular complexity index is 736. The number of nitrogens with zero attached hydrogens (tertiary/aromatic N) is 1. The molecule has 0 amide bonds. The lowest BCUT2D eigenvalue weighted by molar-refractivity contribution is -0.150. The van der Waals surface area contributed by atoms with Gasteiger partial charge in [0.1, 0.15) is 0 Å². The third-order valence-corrected chi connectivity index (χ3v) is 11.2. The van der Waals surface area contributed by atoms with Crippen LogP contribution in [0.5, 0.6) is 0 Å². The summed E-state index contributed by atoms with van der Waals surface area (Å²) in [6.45, 7) is 12.0. The van der Waals surface area contributed by atoms with E-state index in [-0.39, 0.29) is 30.4 Å². The topological polar surface area (TPSA) is 96.3 Å². The van der Waals surface area contributed by atoms with Crippen molar-refractivity contribution in [3.05, 3.63) is 0 Å². The molecule has 0 aliphatic rings. The number of aliphatic hydroxyl groups excluding tert-OH is 2. The molecule has 0 saturated carbocycles. The lowest BCUT2D eigenvalue weighted by Gasteiger charge is -2.24. The van der Waals surface area contributed by atoms with E-state index in [1.807, 2.05) is 0 Å². The van der Waals surface area contributed by atoms with E-state index in [1.54, 1.807) is 0 Å². The van der Waals surface area contributed by atoms with E-state index in [4.69, 9.17) is 9.47 Å². The summed E-state index contributed by atoms with van der Waals surface area (Å²) in [7, 11) is 0. The molecule has 0 aromatic carbocycles. The molecule has 2 unspecified atom stereocenters. The van der Waals surface area contributed by atoms with Gasteiger partial charge in [-0.2, -0.15) is 0 Å². The molecule has 322 valence electrons. The van der Waals surface area contributed by atoms with Crippen molar-refractivity contribution in [2.24, 2.45) is 11.8 Å². The summed E-state index contributed by atoms with van der Waals surface area (Å²) in [6.07, 6.45) is 35.8. The highest BCUT2D eigenvalue weighted by Crippen LogP contribution is 2.22. The average molecular weight is 768 g/mol. The van der Waals surface area contributed by atoms with Crippen LogP contribution < -0.4 is 0 Å². The van der Waals surface area contributed by atoms with Crippen molar-refractivity contribution in [3.8, 4) is 0 Å². The van der Waals surface area contributed by atoms with E-state index in [1.165, 1.54) is 103 Å². The second kappa shape index (κ2) is 41.5. The first-order chi connectivity index (χ1) is 26.4. The molecule has 0 bridgehead atoms. The minimum absolute atomic E-state index is 0.0212. The summed E-state index contributed by atoms with van der Waals surface area (Å²) < 4.78 is 11.6. The molecule has 7 heteroatoms. The minimum atomic E-state index is -0.721. The smallest absolute Gasteiger partial charge is 0.308 e. The number of hydrogen-bond donors (Lipinski definition) is 2. The summed E-state index contributed by atoms with van der Waals surface area (Å²) in [5.74, 6) is 0.166. The van der Waals surface area contributed by atoms with Gasteiger partial charge in [0.05, 0.1) is 37.8 Å². The van der Waals surface area contributed by atoms with Crippen molar-refractivity contribution in [2.75, 3.05) is 39.5 Å². The Hall–Kier alpha value is -1.18. The average Bonchev–Trinajstić information content (AvgIpc) is 3.17. The molecular weight excluding hydrogens is 675 g/mol. The van der Waals surface area contributed by atoms with Gasteiger partial charge < -0.3 is 24.6 Å². The molecule has 0 saturated heterocycles. The summed E-state index contributed by atoms with van der Waals surface area (Å²) in [4.78, 5) is 28.2. The largest absolute Gasteiger partial charge is 0.465 e. The van der Waals surface area contributed by atoms with Gasteiger partial charge >= 0.3 is 11.9 Å². The first-order valence-corrected chi connectivity index (χ1v) is 23.8. The third kappa shape index (κ3) is 34.1. The maximum absolute atomic E-state index is 12.9. The first-order valence-electron chi connectivity index (χ1n) is 23.8. The Labute approximate surface area is 335 Å². The molecule has 0 spiro atoms. The zero-order chi connectivity index (χ0) is 39.7. The standard InChI is InChI=1S/C47H93NO6/c1-5-9-13-17-19-27-35-43(33-25-15-11-7-3)46(51)53-39-31-23-21-29-37-48(41-45(50)42-49)38-30-22-24-32-40-54-47(52)44(34-26-16-12-8-4)36-28-20-18-14-10-6-2/h43-45,49-50H,5-42H2,1-4H3/t43-,44?,45?/m0/s1. The lowest BCUT2D eigenvalue weighted by Crippen LogP contribution is -2.35. The number of carbonyl (C=O) groups is 2. The van der Waals surface area contributed by atoms with Crippen LogP contribution in [0.2, 0.25) is 0 Å². The highest BCUT2D eigenvalue weighted by molar-refractivity contribution is 5.72. The van der Waals surface area contributed by atoms with Gasteiger partial charge in [-0.3, -0.25) is 9.59 Å². The molecule has 0 aromatic rings. The summed E-state index contributed by atoms with van der Waals surface area (Å²) in [6, 6.07) is 0. The van der Waals surface area contributed by atoms with Gasteiger partial charge in [-0.15, -0.1) is 0 Å². The monoisotopic (exact) mass is 768 g/mol. The van der Waals surface area contributed by atoms with Gasteiger partial charge in [0, 0.05) is 6.54 Å². The molecule has 54 heavy (non-hydrogen) atoms. The predicted octanol–water partition coefficient (Wildman–Crippen LogP) is 12.5. The van der Waals surface area contributed by atoms with Gasteiger partial charge in [-0.1, -0.05) is 182 Å². The lowest BCUT2D eigenvalue weighted by atomic mass is 9.94. The number of ether oxygens (including phenoxy) is 2. The maximum Gasteiger partial charge on any atom is 0.308 e. The predicted molar refractivity (Wildman–Crippen MR) is 229 cm³/mol. The number of unbranched alkanes of at least 4 members (excludes halogenated alkanes) is 22. The summed E-state index contributed by atoms with van der Waals surface area (Å²) in [5, 5.41) is 19.6. The van der Waals surface area contributed by atoms with Gasteiger partial charge in [-0.25, -0.2) is 0 Å². The Kier molecular flexibility index (Phi) is 40.5. The molecule has 0 aliphatic carbocycles. The second-order valence-corrected chi connectivity index (χ2v) is 16.5. The van der Waals surface area contributed by atoms with Gasteiger partial charge in [0.2, 0.25) is 0 Å². The molecule has 2 N–H and O–H groups in total. The van der Waals surface area contributed by atoms with Gasteiger partial charge in [-0.05, 0) is 64.5 Å². The highest BCUT2D eigenvalue weighted by atomic mass is 16.5. The fourth-order valence-corrected chi connectivity index (χ4v) is 7.55. The van der Waals surface area contributed by atoms with Crippen molar-refractivity contribution in [3.63, 3.8) is 0 Å². The third-order valence-electron chi connectivity index (χ3n) is 11.2. The van der Waals surface area contributed by atoms with Gasteiger partial charge in [0.25, 0.3) is 0 Å². The van der Waals surface area contributed by atoms with Crippen LogP contribution >= 0.6 is 0 Å². The molecule has 0 rings (SSSR count). The van der Waals surface area contributed by atoms with E-state index in [2.05, 4.69) is 32.6 Å². The molecular formula is C47H93NO6. The van der Waals surface area contributed by atoms with E-state index in [0.717, 1.165) is 116 Å². The Balaban J connectivity index is 4.38. The maximum atomic E-state index is 12.9. The van der Waals surface area contributed by atoms with Crippen molar-refractivity contribution in [2.45, 2.75) is 239 Å². The summed E-state index contributed by atoms with van der Waals surface area (Å²) >= 11 is 0. The van der Waals surface area contributed by atoms with E-state index < -0.39 is 6.10 Å². The van der Waals surface area contributed by atoms with Gasteiger partial charge in [0.15, 0.2) is 0 Å². The quantitative estimate of drug-likeness (QED) is 0.0471. The minimum Gasteiger partial charge on any atom is -0.465 e. The van der Waals surface area contributed by atoms with Crippen molar-refractivity contribution in [1.29, 1.82) is 0 Å². The van der Waals surface area contributed by atoms with Crippen LogP contribution in [0.15, 0.2) is 0 Å². The molecule has 7 nitrogen and oxygen atoms in total. The summed E-state index contributed by atoms with van der Waals surface area (Å²) in [5.41, 5.74) is 0. The number of rotatable bonds is 43. The molecule has 0 aliphatic heterocycles. The second-order valence-electron chi connectivity index (χ2n) is 16.5. The number of esters is 2. The van der Waals surface area contributed by atoms with Crippen LogP contribution in [-0.4, -0.2) is 72.6 Å². The SMILES string of the molecule is CCCCCCCCC(CCCCCC)C(=O)OCCCCCCN(CCCCCCOC(=O)[C@@H](CCCCCC)CCCCCCCC)CC(O)CO. The first kappa shape index (κ1) is 52.8. The van der Waals surface area contributed by atoms with Crippen LogP contribution in [0.1, 0.15) is 233 Å². The zero-order valence-electron chi connectivity index (χ0n) is 36.6. The van der Waals surface area contributed by atoms with E-state index in [9.17, 15) is 19.8 Å². The van der Waals surface area contributed by atoms with Crippen LogP contribution in [0.25, 0.3) is 0 Å². The zero-order valence-corrected chi connectivity index (χ0v) is 36.6. The fraction of sp³-hybridized carbons (Fsp3) is 0.957. The molecule has 0 radical (unpaired) electrons. The number of hydrogen-bond acceptors (Lipinski definition) is 7. The Morgan fingerprint density at radius 3 is 1.09 bits per heavy atom. The molecule has 3 atom stereocenters. The van der Waals surface area contributed by atoms with Crippen LogP contribution in [0.4, 0.5) is 0 Å². The van der Waals surface area contributed by atoms with E-state index >= 15 is 0 Å². The van der Waals surface area contributed by atoms with Crippen LogP contribution in [0.3, 0.4) is 0 Å². The van der Waals surface area contributed by atoms with Crippen LogP contribution in [0, 0.1) is 11.8 Å².